The average Bonchev–Trinajstić information content (AvgIpc) is 2.49. The summed E-state index contributed by atoms with van der Waals surface area (Å²) in [5.74, 6) is -0.0703. The smallest absolute Gasteiger partial charge is 0.265 e. The van der Waals surface area contributed by atoms with Gasteiger partial charge in [0.2, 0.25) is 0 Å². The molecule has 0 heterocycles. The molecule has 0 fully saturated rings. The number of ether oxygens (including phenoxy) is 1. The number of anilines is 1. The van der Waals surface area contributed by atoms with Crippen molar-refractivity contribution in [1.29, 1.82) is 0 Å². The second-order valence-corrected chi connectivity index (χ2v) is 4.77. The third kappa shape index (κ3) is 4.05. The van der Waals surface area contributed by atoms with Gasteiger partial charge < -0.3 is 10.1 Å². The number of para-hydroxylation sites is 1. The molecule has 0 unspecified atom stereocenters. The van der Waals surface area contributed by atoms with Crippen molar-refractivity contribution in [2.24, 2.45) is 0 Å². The Balaban J connectivity index is 2.05. The maximum absolute atomic E-state index is 12.9. The van der Waals surface area contributed by atoms with E-state index in [1.54, 1.807) is 0 Å². The van der Waals surface area contributed by atoms with E-state index in [9.17, 15) is 9.18 Å². The average molecular weight is 287 g/mol. The number of aryl methyl sites for hydroxylation is 1. The number of rotatable bonds is 5. The number of hydrogen-bond donors (Lipinski definition) is 1. The van der Waals surface area contributed by atoms with Gasteiger partial charge in [0.1, 0.15) is 11.6 Å². The van der Waals surface area contributed by atoms with Gasteiger partial charge >= 0.3 is 0 Å². The summed E-state index contributed by atoms with van der Waals surface area (Å²) in [5.41, 5.74) is 1.76. The molecule has 2 aromatic rings. The molecule has 0 aliphatic heterocycles. The van der Waals surface area contributed by atoms with Crippen LogP contribution in [0.2, 0.25) is 0 Å². The Morgan fingerprint density at radius 1 is 1.19 bits per heavy atom. The predicted molar refractivity (Wildman–Crippen MR) is 80.9 cm³/mol. The van der Waals surface area contributed by atoms with Crippen molar-refractivity contribution >= 4 is 11.6 Å². The molecule has 1 atom stereocenters. The van der Waals surface area contributed by atoms with Gasteiger partial charge in [0.05, 0.1) is 0 Å². The first kappa shape index (κ1) is 15.0. The van der Waals surface area contributed by atoms with Crippen LogP contribution in [0.25, 0.3) is 0 Å². The molecule has 1 amide bonds. The van der Waals surface area contributed by atoms with E-state index in [4.69, 9.17) is 4.74 Å². The molecule has 0 aliphatic rings. The van der Waals surface area contributed by atoms with Gasteiger partial charge in [-0.25, -0.2) is 4.39 Å². The van der Waals surface area contributed by atoms with Gasteiger partial charge in [-0.15, -0.1) is 0 Å². The van der Waals surface area contributed by atoms with Crippen LogP contribution in [-0.2, 0) is 4.79 Å². The second kappa shape index (κ2) is 6.88. The highest BCUT2D eigenvalue weighted by Crippen LogP contribution is 2.17. The van der Waals surface area contributed by atoms with Crippen LogP contribution in [0.5, 0.6) is 5.75 Å². The summed E-state index contributed by atoms with van der Waals surface area (Å²) in [7, 11) is 0. The van der Waals surface area contributed by atoms with Crippen molar-refractivity contribution in [3.05, 3.63) is 59.9 Å². The second-order valence-electron chi connectivity index (χ2n) is 4.77. The minimum absolute atomic E-state index is 0.212. The molecule has 0 aromatic heterocycles. The summed E-state index contributed by atoms with van der Waals surface area (Å²) in [4.78, 5) is 12.3. The highest BCUT2D eigenvalue weighted by molar-refractivity contribution is 5.94. The SMILES string of the molecule is CC[C@H](Oc1ccc(F)cc1)C(=O)Nc1ccccc1C. The van der Waals surface area contributed by atoms with E-state index >= 15 is 0 Å². The fourth-order valence-electron chi connectivity index (χ4n) is 1.93. The zero-order chi connectivity index (χ0) is 15.2. The van der Waals surface area contributed by atoms with E-state index in [2.05, 4.69) is 5.32 Å². The van der Waals surface area contributed by atoms with Crippen molar-refractivity contribution in [1.82, 2.24) is 0 Å². The first-order valence-electron chi connectivity index (χ1n) is 6.89. The Hall–Kier alpha value is -2.36. The quantitative estimate of drug-likeness (QED) is 0.905. The molecule has 0 saturated heterocycles. The third-order valence-corrected chi connectivity index (χ3v) is 3.16. The van der Waals surface area contributed by atoms with Gasteiger partial charge in [-0.2, -0.15) is 0 Å². The van der Waals surface area contributed by atoms with Crippen LogP contribution in [0, 0.1) is 12.7 Å². The van der Waals surface area contributed by atoms with E-state index in [0.717, 1.165) is 11.3 Å². The molecular weight excluding hydrogens is 269 g/mol. The van der Waals surface area contributed by atoms with Gasteiger partial charge in [-0.1, -0.05) is 25.1 Å². The Bertz CT molecular complexity index is 610. The molecule has 0 radical (unpaired) electrons. The topological polar surface area (TPSA) is 38.3 Å². The maximum Gasteiger partial charge on any atom is 0.265 e. The molecule has 1 N–H and O–H groups in total. The van der Waals surface area contributed by atoms with E-state index in [0.29, 0.717) is 12.2 Å². The number of halogens is 1. The number of amides is 1. The Kier molecular flexibility index (Phi) is 4.93. The number of carbonyl (C=O) groups excluding carboxylic acids is 1. The number of carbonyl (C=O) groups is 1. The van der Waals surface area contributed by atoms with Crippen LogP contribution in [0.3, 0.4) is 0 Å². The molecule has 0 aliphatic carbocycles. The summed E-state index contributed by atoms with van der Waals surface area (Å²) in [5, 5.41) is 2.85. The highest BCUT2D eigenvalue weighted by Gasteiger charge is 2.19. The Labute approximate surface area is 123 Å². The maximum atomic E-state index is 12.9. The normalized spacial score (nSPS) is 11.8. The number of benzene rings is 2. The summed E-state index contributed by atoms with van der Waals surface area (Å²) >= 11 is 0. The molecule has 4 heteroatoms. The van der Waals surface area contributed by atoms with E-state index in [1.165, 1.54) is 24.3 Å². The predicted octanol–water partition coefficient (Wildman–Crippen LogP) is 3.93. The molecule has 2 aromatic carbocycles. The highest BCUT2D eigenvalue weighted by atomic mass is 19.1. The van der Waals surface area contributed by atoms with Crippen molar-refractivity contribution in [3.8, 4) is 5.75 Å². The van der Waals surface area contributed by atoms with E-state index in [-0.39, 0.29) is 11.7 Å². The number of nitrogens with one attached hydrogen (secondary N) is 1. The first-order valence-corrected chi connectivity index (χ1v) is 6.89. The van der Waals surface area contributed by atoms with Crippen LogP contribution in [0.4, 0.5) is 10.1 Å². The van der Waals surface area contributed by atoms with Gasteiger partial charge in [0.15, 0.2) is 6.10 Å². The lowest BCUT2D eigenvalue weighted by Gasteiger charge is -2.18. The molecule has 0 spiro atoms. The van der Waals surface area contributed by atoms with Crippen LogP contribution >= 0.6 is 0 Å². The minimum Gasteiger partial charge on any atom is -0.481 e. The van der Waals surface area contributed by atoms with Crippen LogP contribution < -0.4 is 10.1 Å². The Morgan fingerprint density at radius 2 is 1.86 bits per heavy atom. The van der Waals surface area contributed by atoms with E-state index < -0.39 is 6.10 Å². The molecule has 0 saturated carbocycles. The van der Waals surface area contributed by atoms with Crippen LogP contribution in [0.1, 0.15) is 18.9 Å². The van der Waals surface area contributed by atoms with Crippen LogP contribution in [-0.4, -0.2) is 12.0 Å². The lowest BCUT2D eigenvalue weighted by molar-refractivity contribution is -0.122. The molecule has 2 rings (SSSR count). The minimum atomic E-state index is -0.616. The van der Waals surface area contributed by atoms with Crippen molar-refractivity contribution in [3.63, 3.8) is 0 Å². The van der Waals surface area contributed by atoms with Gasteiger partial charge in [0.25, 0.3) is 5.91 Å². The fraction of sp³-hybridized carbons (Fsp3) is 0.235. The molecule has 3 nitrogen and oxygen atoms in total. The monoisotopic (exact) mass is 287 g/mol. The van der Waals surface area contributed by atoms with Gasteiger partial charge in [-0.3, -0.25) is 4.79 Å². The largest absolute Gasteiger partial charge is 0.481 e. The summed E-state index contributed by atoms with van der Waals surface area (Å²) < 4.78 is 18.5. The van der Waals surface area contributed by atoms with Crippen molar-refractivity contribution < 1.29 is 13.9 Å². The van der Waals surface area contributed by atoms with Gasteiger partial charge in [-0.05, 0) is 49.2 Å². The zero-order valence-corrected chi connectivity index (χ0v) is 12.1. The van der Waals surface area contributed by atoms with Crippen molar-refractivity contribution in [2.45, 2.75) is 26.4 Å². The molecule has 0 bridgehead atoms. The van der Waals surface area contributed by atoms with Crippen molar-refractivity contribution in [2.75, 3.05) is 5.32 Å². The molecule has 21 heavy (non-hydrogen) atoms. The molecule has 110 valence electrons. The lowest BCUT2D eigenvalue weighted by atomic mass is 10.2. The Morgan fingerprint density at radius 3 is 2.48 bits per heavy atom. The summed E-state index contributed by atoms with van der Waals surface area (Å²) in [6, 6.07) is 13.2. The zero-order valence-electron chi connectivity index (χ0n) is 12.1. The first-order chi connectivity index (χ1) is 10.1. The van der Waals surface area contributed by atoms with Crippen LogP contribution in [0.15, 0.2) is 48.5 Å². The lowest BCUT2D eigenvalue weighted by Crippen LogP contribution is -2.32. The number of hydrogen-bond acceptors (Lipinski definition) is 2. The summed E-state index contributed by atoms with van der Waals surface area (Å²) in [6.07, 6.45) is -0.0928. The van der Waals surface area contributed by atoms with E-state index in [1.807, 2.05) is 38.1 Å². The van der Waals surface area contributed by atoms with Gasteiger partial charge in [0, 0.05) is 5.69 Å². The molecular formula is C17H18FNO2. The standard InChI is InChI=1S/C17H18FNO2/c1-3-16(21-14-10-8-13(18)9-11-14)17(20)19-15-7-5-4-6-12(15)2/h4-11,16H,3H2,1-2H3,(H,19,20)/t16-/m0/s1. The fourth-order valence-corrected chi connectivity index (χ4v) is 1.93. The third-order valence-electron chi connectivity index (χ3n) is 3.16. The summed E-state index contributed by atoms with van der Waals surface area (Å²) in [6.45, 7) is 3.79.